The van der Waals surface area contributed by atoms with Crippen molar-refractivity contribution in [2.24, 2.45) is 0 Å². The first-order valence-electron chi connectivity index (χ1n) is 9.67. The van der Waals surface area contributed by atoms with Crippen molar-refractivity contribution in [1.82, 2.24) is 10.5 Å². The second-order valence-corrected chi connectivity index (χ2v) is 6.94. The SMILES string of the molecule is O=C(/C=C/c1cccc(C(=O)c2cc3ccccc3[nH]2)c1)NOC1CCCCO1. The monoisotopic (exact) mass is 390 g/mol. The topological polar surface area (TPSA) is 80.4 Å². The van der Waals surface area contributed by atoms with Crippen LogP contribution in [0.15, 0.2) is 60.7 Å². The number of ketones is 1. The van der Waals surface area contributed by atoms with E-state index >= 15 is 0 Å². The first-order chi connectivity index (χ1) is 14.2. The Hall–Kier alpha value is -3.22. The molecule has 6 heteroatoms. The molecule has 1 saturated heterocycles. The maximum atomic E-state index is 12.8. The van der Waals surface area contributed by atoms with Crippen LogP contribution < -0.4 is 5.48 Å². The highest BCUT2D eigenvalue weighted by Gasteiger charge is 2.15. The number of H-pyrrole nitrogens is 1. The van der Waals surface area contributed by atoms with Crippen LogP contribution in [0, 0.1) is 0 Å². The number of para-hydroxylation sites is 1. The second-order valence-electron chi connectivity index (χ2n) is 6.94. The van der Waals surface area contributed by atoms with Crippen LogP contribution in [0.5, 0.6) is 0 Å². The summed E-state index contributed by atoms with van der Waals surface area (Å²) in [6.45, 7) is 0.646. The molecule has 0 spiro atoms. The van der Waals surface area contributed by atoms with Crippen LogP contribution in [0.25, 0.3) is 17.0 Å². The Bertz CT molecular complexity index is 1010. The molecule has 1 aliphatic rings. The zero-order chi connectivity index (χ0) is 20.1. The number of benzene rings is 2. The molecule has 1 aromatic heterocycles. The molecular formula is C23H22N2O4. The third kappa shape index (κ3) is 4.80. The van der Waals surface area contributed by atoms with Crippen molar-refractivity contribution in [3.8, 4) is 0 Å². The zero-order valence-electron chi connectivity index (χ0n) is 15.9. The fourth-order valence-electron chi connectivity index (χ4n) is 3.27. The van der Waals surface area contributed by atoms with Gasteiger partial charge in [0, 0.05) is 35.6 Å². The van der Waals surface area contributed by atoms with Crippen molar-refractivity contribution in [3.05, 3.63) is 77.5 Å². The number of aromatic nitrogens is 1. The lowest BCUT2D eigenvalue weighted by Crippen LogP contribution is -2.32. The van der Waals surface area contributed by atoms with Crippen molar-refractivity contribution >= 4 is 28.7 Å². The van der Waals surface area contributed by atoms with Crippen molar-refractivity contribution in [2.75, 3.05) is 6.61 Å². The van der Waals surface area contributed by atoms with E-state index in [4.69, 9.17) is 9.57 Å². The van der Waals surface area contributed by atoms with Gasteiger partial charge in [-0.1, -0.05) is 36.4 Å². The Kier molecular flexibility index (Phi) is 5.84. The van der Waals surface area contributed by atoms with E-state index in [2.05, 4.69) is 10.5 Å². The molecule has 148 valence electrons. The Balaban J connectivity index is 1.40. The predicted octanol–water partition coefficient (Wildman–Crippen LogP) is 3.99. The Labute approximate surface area is 168 Å². The summed E-state index contributed by atoms with van der Waals surface area (Å²) in [6, 6.07) is 16.7. The predicted molar refractivity (Wildman–Crippen MR) is 110 cm³/mol. The fourth-order valence-corrected chi connectivity index (χ4v) is 3.27. The summed E-state index contributed by atoms with van der Waals surface area (Å²) in [7, 11) is 0. The number of amides is 1. The minimum Gasteiger partial charge on any atom is -0.352 e. The van der Waals surface area contributed by atoms with Crippen LogP contribution in [-0.4, -0.2) is 29.6 Å². The molecule has 1 aliphatic heterocycles. The molecule has 2 heterocycles. The van der Waals surface area contributed by atoms with Crippen molar-refractivity contribution in [3.63, 3.8) is 0 Å². The van der Waals surface area contributed by atoms with Gasteiger partial charge in [-0.05, 0) is 42.7 Å². The molecule has 1 unspecified atom stereocenters. The number of carbonyl (C=O) groups is 2. The fraction of sp³-hybridized carbons (Fsp3) is 0.217. The Morgan fingerprint density at radius 1 is 1.10 bits per heavy atom. The first kappa shape index (κ1) is 19.1. The third-order valence-corrected chi connectivity index (χ3v) is 4.78. The van der Waals surface area contributed by atoms with Crippen LogP contribution in [0.4, 0.5) is 0 Å². The molecule has 0 saturated carbocycles. The van der Waals surface area contributed by atoms with E-state index in [-0.39, 0.29) is 11.7 Å². The van der Waals surface area contributed by atoms with Gasteiger partial charge in [-0.15, -0.1) is 0 Å². The highest BCUT2D eigenvalue weighted by molar-refractivity contribution is 6.10. The highest BCUT2D eigenvalue weighted by atomic mass is 16.8. The molecule has 1 amide bonds. The number of nitrogens with one attached hydrogen (secondary N) is 2. The third-order valence-electron chi connectivity index (χ3n) is 4.78. The summed E-state index contributed by atoms with van der Waals surface area (Å²) in [5.41, 5.74) is 5.13. The van der Waals surface area contributed by atoms with Crippen molar-refractivity contribution < 1.29 is 19.2 Å². The number of ether oxygens (including phenoxy) is 1. The number of rotatable bonds is 6. The summed E-state index contributed by atoms with van der Waals surface area (Å²) in [5.74, 6) is -0.481. The van der Waals surface area contributed by atoms with Crippen LogP contribution >= 0.6 is 0 Å². The average Bonchev–Trinajstić information content (AvgIpc) is 3.21. The molecule has 2 N–H and O–H groups in total. The highest BCUT2D eigenvalue weighted by Crippen LogP contribution is 2.18. The van der Waals surface area contributed by atoms with E-state index in [0.717, 1.165) is 35.7 Å². The van der Waals surface area contributed by atoms with E-state index in [9.17, 15) is 9.59 Å². The number of carbonyl (C=O) groups excluding carboxylic acids is 2. The molecule has 3 aromatic rings. The van der Waals surface area contributed by atoms with E-state index in [1.807, 2.05) is 36.4 Å². The van der Waals surface area contributed by atoms with E-state index in [1.54, 1.807) is 24.3 Å². The van der Waals surface area contributed by atoms with E-state index in [1.165, 1.54) is 6.08 Å². The molecule has 6 nitrogen and oxygen atoms in total. The first-order valence-corrected chi connectivity index (χ1v) is 9.67. The van der Waals surface area contributed by atoms with Gasteiger partial charge in [-0.25, -0.2) is 10.3 Å². The lowest BCUT2D eigenvalue weighted by molar-refractivity contribution is -0.198. The van der Waals surface area contributed by atoms with Gasteiger partial charge in [-0.2, -0.15) is 0 Å². The maximum Gasteiger partial charge on any atom is 0.267 e. The summed E-state index contributed by atoms with van der Waals surface area (Å²) < 4.78 is 5.40. The summed E-state index contributed by atoms with van der Waals surface area (Å²) >= 11 is 0. The molecule has 0 bridgehead atoms. The van der Waals surface area contributed by atoms with Gasteiger partial charge < -0.3 is 9.72 Å². The number of hydroxylamine groups is 1. The normalized spacial score (nSPS) is 16.9. The van der Waals surface area contributed by atoms with E-state index < -0.39 is 6.29 Å². The second kappa shape index (κ2) is 8.86. The average molecular weight is 390 g/mol. The lowest BCUT2D eigenvalue weighted by Gasteiger charge is -2.21. The van der Waals surface area contributed by atoms with Crippen molar-refractivity contribution in [1.29, 1.82) is 0 Å². The molecule has 1 fully saturated rings. The summed E-state index contributed by atoms with van der Waals surface area (Å²) in [5, 5.41) is 0.991. The molecular weight excluding hydrogens is 368 g/mol. The Morgan fingerprint density at radius 2 is 2.00 bits per heavy atom. The molecule has 4 rings (SSSR count). The standard InChI is InChI=1S/C23H22N2O4/c26-21(25-29-22-10-3-4-13-28-22)12-11-16-6-5-8-18(14-16)23(27)20-15-17-7-1-2-9-19(17)24-20/h1-2,5-9,11-12,14-15,22,24H,3-4,10,13H2,(H,25,26)/b12-11+. The van der Waals surface area contributed by atoms with Crippen LogP contribution in [0.2, 0.25) is 0 Å². The van der Waals surface area contributed by atoms with E-state index in [0.29, 0.717) is 17.9 Å². The zero-order valence-corrected chi connectivity index (χ0v) is 15.9. The molecule has 1 atom stereocenters. The molecule has 0 radical (unpaired) electrons. The number of hydrogen-bond acceptors (Lipinski definition) is 4. The van der Waals surface area contributed by atoms with Gasteiger partial charge in [-0.3, -0.25) is 9.59 Å². The van der Waals surface area contributed by atoms with Crippen LogP contribution in [-0.2, 0) is 14.4 Å². The number of aromatic amines is 1. The van der Waals surface area contributed by atoms with Gasteiger partial charge >= 0.3 is 0 Å². The number of fused-ring (bicyclic) bond motifs is 1. The molecule has 2 aromatic carbocycles. The van der Waals surface area contributed by atoms with Crippen LogP contribution in [0.1, 0.15) is 40.9 Å². The molecule has 29 heavy (non-hydrogen) atoms. The van der Waals surface area contributed by atoms with Gasteiger partial charge in [0.25, 0.3) is 5.91 Å². The number of hydrogen-bond donors (Lipinski definition) is 2. The minimum atomic E-state index is -0.390. The smallest absolute Gasteiger partial charge is 0.267 e. The van der Waals surface area contributed by atoms with Gasteiger partial charge in [0.05, 0.1) is 5.69 Å². The van der Waals surface area contributed by atoms with Crippen LogP contribution in [0.3, 0.4) is 0 Å². The quantitative estimate of drug-likeness (QED) is 0.379. The van der Waals surface area contributed by atoms with Gasteiger partial charge in [0.2, 0.25) is 5.78 Å². The Morgan fingerprint density at radius 3 is 2.83 bits per heavy atom. The summed E-state index contributed by atoms with van der Waals surface area (Å²) in [6.07, 6.45) is 5.42. The van der Waals surface area contributed by atoms with Gasteiger partial charge in [0.15, 0.2) is 6.29 Å². The summed E-state index contributed by atoms with van der Waals surface area (Å²) in [4.78, 5) is 33.2. The largest absolute Gasteiger partial charge is 0.352 e. The van der Waals surface area contributed by atoms with Gasteiger partial charge in [0.1, 0.15) is 0 Å². The lowest BCUT2D eigenvalue weighted by atomic mass is 10.0. The minimum absolute atomic E-state index is 0.0984. The maximum absolute atomic E-state index is 12.8. The van der Waals surface area contributed by atoms with Crippen molar-refractivity contribution in [2.45, 2.75) is 25.6 Å². The molecule has 0 aliphatic carbocycles.